The van der Waals surface area contributed by atoms with E-state index >= 15 is 0 Å². The van der Waals surface area contributed by atoms with Gasteiger partial charge in [0.25, 0.3) is 0 Å². The third kappa shape index (κ3) is 5.84. The van der Waals surface area contributed by atoms with Crippen LogP contribution in [0, 0.1) is 6.92 Å². The molecule has 31 heavy (non-hydrogen) atoms. The second-order valence-corrected chi connectivity index (χ2v) is 7.75. The Hall–Kier alpha value is -3.36. The van der Waals surface area contributed by atoms with Crippen LogP contribution >= 0.6 is 23.8 Å². The van der Waals surface area contributed by atoms with E-state index in [1.165, 1.54) is 11.1 Å². The van der Waals surface area contributed by atoms with Gasteiger partial charge in [0.05, 0.1) is 24.6 Å². The molecule has 2 aromatic carbocycles. The largest absolute Gasteiger partial charge is 0.471 e. The fraction of sp³-hybridized carbons (Fsp3) is 0.136. The van der Waals surface area contributed by atoms with Crippen LogP contribution in [0.5, 0.6) is 5.75 Å². The first-order valence-corrected chi connectivity index (χ1v) is 10.4. The fourth-order valence-electron chi connectivity index (χ4n) is 2.95. The molecule has 0 radical (unpaired) electrons. The number of rotatable bonds is 7. The first kappa shape index (κ1) is 20.9. The van der Waals surface area contributed by atoms with Crippen molar-refractivity contribution < 1.29 is 4.74 Å². The Morgan fingerprint density at radius 2 is 1.97 bits per heavy atom. The van der Waals surface area contributed by atoms with E-state index in [-0.39, 0.29) is 6.73 Å². The number of halogens is 1. The van der Waals surface area contributed by atoms with Gasteiger partial charge in [-0.3, -0.25) is 4.68 Å². The van der Waals surface area contributed by atoms with Crippen molar-refractivity contribution in [1.29, 1.82) is 0 Å². The number of hydrogen-bond donors (Lipinski definition) is 2. The Morgan fingerprint density at radius 3 is 2.81 bits per heavy atom. The van der Waals surface area contributed by atoms with E-state index in [9.17, 15) is 0 Å². The molecule has 2 N–H and O–H groups in total. The minimum absolute atomic E-state index is 0.255. The molecule has 0 aliphatic heterocycles. The van der Waals surface area contributed by atoms with Crippen molar-refractivity contribution in [3.63, 3.8) is 0 Å². The van der Waals surface area contributed by atoms with Crippen LogP contribution in [0.4, 0.5) is 11.5 Å². The van der Waals surface area contributed by atoms with Crippen molar-refractivity contribution in [2.45, 2.75) is 20.2 Å². The van der Waals surface area contributed by atoms with Crippen LogP contribution < -0.4 is 15.4 Å². The number of thiocarbonyl (C=S) groups is 1. The highest BCUT2D eigenvalue weighted by molar-refractivity contribution is 7.80. The number of ether oxygens (including phenoxy) is 1. The molecular formula is C22H21ClN6OS. The molecule has 4 rings (SSSR count). The smallest absolute Gasteiger partial charge is 0.180 e. The molecule has 0 saturated carbocycles. The molecule has 7 nitrogen and oxygen atoms in total. The van der Waals surface area contributed by atoms with Gasteiger partial charge >= 0.3 is 0 Å². The highest BCUT2D eigenvalue weighted by Crippen LogP contribution is 2.18. The third-order valence-electron chi connectivity index (χ3n) is 4.53. The Balaban J connectivity index is 1.28. The van der Waals surface area contributed by atoms with Gasteiger partial charge in [0.15, 0.2) is 17.7 Å². The summed E-state index contributed by atoms with van der Waals surface area (Å²) < 4.78 is 9.20. The zero-order chi connectivity index (χ0) is 21.6. The summed E-state index contributed by atoms with van der Waals surface area (Å²) in [5.41, 5.74) is 3.21. The molecule has 4 aromatic rings. The van der Waals surface area contributed by atoms with Gasteiger partial charge in [-0.2, -0.15) is 10.2 Å². The highest BCUT2D eigenvalue weighted by Gasteiger charge is 2.06. The second-order valence-electron chi connectivity index (χ2n) is 6.90. The summed E-state index contributed by atoms with van der Waals surface area (Å²) in [6, 6.07) is 17.4. The number of nitrogens with zero attached hydrogens (tertiary/aromatic N) is 4. The van der Waals surface area contributed by atoms with Crippen molar-refractivity contribution in [2.75, 3.05) is 10.6 Å². The molecule has 0 aliphatic carbocycles. The quantitative estimate of drug-likeness (QED) is 0.387. The highest BCUT2D eigenvalue weighted by atomic mass is 35.5. The topological polar surface area (TPSA) is 68.9 Å². The molecule has 0 fully saturated rings. The van der Waals surface area contributed by atoms with E-state index in [1.54, 1.807) is 29.2 Å². The first-order chi connectivity index (χ1) is 15.0. The van der Waals surface area contributed by atoms with Gasteiger partial charge in [0, 0.05) is 17.3 Å². The number of hydrogen-bond acceptors (Lipinski definition) is 4. The lowest BCUT2D eigenvalue weighted by Gasteiger charge is -2.08. The van der Waals surface area contributed by atoms with Crippen molar-refractivity contribution in [1.82, 2.24) is 19.6 Å². The van der Waals surface area contributed by atoms with Crippen LogP contribution in [0.2, 0.25) is 5.02 Å². The van der Waals surface area contributed by atoms with Crippen LogP contribution in [-0.4, -0.2) is 24.7 Å². The summed E-state index contributed by atoms with van der Waals surface area (Å²) >= 11 is 11.4. The van der Waals surface area contributed by atoms with Crippen molar-refractivity contribution >= 4 is 40.4 Å². The molecule has 9 heteroatoms. The number of nitrogens with one attached hydrogen (secondary N) is 2. The Bertz CT molecular complexity index is 1190. The van der Waals surface area contributed by atoms with E-state index in [2.05, 4.69) is 39.9 Å². The maximum Gasteiger partial charge on any atom is 0.180 e. The van der Waals surface area contributed by atoms with E-state index in [0.29, 0.717) is 28.2 Å². The van der Waals surface area contributed by atoms with E-state index in [1.807, 2.05) is 41.2 Å². The average molecular weight is 453 g/mol. The van der Waals surface area contributed by atoms with Crippen LogP contribution in [0.3, 0.4) is 0 Å². The normalized spacial score (nSPS) is 10.6. The molecule has 0 aliphatic rings. The fourth-order valence-corrected chi connectivity index (χ4v) is 3.36. The molecule has 0 spiro atoms. The Morgan fingerprint density at radius 1 is 1.10 bits per heavy atom. The zero-order valence-electron chi connectivity index (χ0n) is 16.8. The minimum atomic E-state index is 0.255. The molecule has 0 saturated heterocycles. The monoisotopic (exact) mass is 452 g/mol. The number of aromatic nitrogens is 4. The lowest BCUT2D eigenvalue weighted by atomic mass is 10.1. The molecule has 2 aromatic heterocycles. The number of benzene rings is 2. The number of aryl methyl sites for hydroxylation is 1. The van der Waals surface area contributed by atoms with Gasteiger partial charge < -0.3 is 15.4 Å². The molecule has 0 unspecified atom stereocenters. The summed E-state index contributed by atoms with van der Waals surface area (Å²) in [7, 11) is 0. The molecule has 2 heterocycles. The summed E-state index contributed by atoms with van der Waals surface area (Å²) in [6.07, 6.45) is 5.39. The van der Waals surface area contributed by atoms with Crippen LogP contribution in [0.1, 0.15) is 11.1 Å². The molecule has 0 bridgehead atoms. The standard InChI is InChI=1S/C22H21ClN6OS/c1-16-5-2-3-6-17(16)13-28-10-9-21(27-28)26-22(31)25-19-12-24-29(14-19)15-30-20-8-4-7-18(23)11-20/h2-12,14H,13,15H2,1H3,(H2,25,26,27,31). The predicted octanol–water partition coefficient (Wildman–Crippen LogP) is 4.94. The summed E-state index contributed by atoms with van der Waals surface area (Å²) in [4.78, 5) is 0. The third-order valence-corrected chi connectivity index (χ3v) is 4.97. The second kappa shape index (κ2) is 9.63. The van der Waals surface area contributed by atoms with Crippen molar-refractivity contribution in [2.24, 2.45) is 0 Å². The van der Waals surface area contributed by atoms with Crippen LogP contribution in [0.15, 0.2) is 73.2 Å². The van der Waals surface area contributed by atoms with Gasteiger partial charge in [-0.05, 0) is 48.5 Å². The van der Waals surface area contributed by atoms with Crippen molar-refractivity contribution in [3.05, 3.63) is 89.3 Å². The molecule has 0 atom stereocenters. The Kier molecular flexibility index (Phi) is 6.49. The summed E-state index contributed by atoms with van der Waals surface area (Å²) in [5, 5.41) is 16.0. The summed E-state index contributed by atoms with van der Waals surface area (Å²) in [6.45, 7) is 3.05. The Labute approximate surface area is 190 Å². The van der Waals surface area contributed by atoms with Gasteiger partial charge in [-0.25, -0.2) is 4.68 Å². The minimum Gasteiger partial charge on any atom is -0.471 e. The number of anilines is 2. The van der Waals surface area contributed by atoms with Gasteiger partial charge in [-0.15, -0.1) is 0 Å². The van der Waals surface area contributed by atoms with E-state index in [0.717, 1.165) is 5.69 Å². The van der Waals surface area contributed by atoms with Gasteiger partial charge in [-0.1, -0.05) is 41.9 Å². The average Bonchev–Trinajstić information content (AvgIpc) is 3.37. The SMILES string of the molecule is Cc1ccccc1Cn1ccc(NC(=S)Nc2cnn(COc3cccc(Cl)c3)c2)n1. The maximum absolute atomic E-state index is 5.96. The van der Waals surface area contributed by atoms with E-state index in [4.69, 9.17) is 28.6 Å². The maximum atomic E-state index is 5.96. The predicted molar refractivity (Wildman–Crippen MR) is 127 cm³/mol. The zero-order valence-corrected chi connectivity index (χ0v) is 18.4. The van der Waals surface area contributed by atoms with E-state index < -0.39 is 0 Å². The van der Waals surface area contributed by atoms with Gasteiger partial charge in [0.2, 0.25) is 0 Å². The van der Waals surface area contributed by atoms with Crippen molar-refractivity contribution in [3.8, 4) is 5.75 Å². The van der Waals surface area contributed by atoms with Crippen LogP contribution in [-0.2, 0) is 13.3 Å². The lowest BCUT2D eigenvalue weighted by Crippen LogP contribution is -2.19. The molecule has 158 valence electrons. The van der Waals surface area contributed by atoms with Crippen LogP contribution in [0.25, 0.3) is 0 Å². The summed E-state index contributed by atoms with van der Waals surface area (Å²) in [5.74, 6) is 1.35. The first-order valence-electron chi connectivity index (χ1n) is 9.62. The lowest BCUT2D eigenvalue weighted by molar-refractivity contribution is 0.221. The molecule has 0 amide bonds. The molecular weight excluding hydrogens is 432 g/mol. The van der Waals surface area contributed by atoms with Gasteiger partial charge in [0.1, 0.15) is 5.75 Å².